The van der Waals surface area contributed by atoms with Gasteiger partial charge >= 0.3 is 0 Å². The summed E-state index contributed by atoms with van der Waals surface area (Å²) in [6.07, 6.45) is 7.14. The fourth-order valence-corrected chi connectivity index (χ4v) is 1.84. The normalized spacial score (nSPS) is 10.7. The fraction of sp³-hybridized carbons (Fsp3) is 0.360. The molecule has 0 fully saturated rings. The van der Waals surface area contributed by atoms with E-state index in [0.29, 0.717) is 5.71 Å². The maximum absolute atomic E-state index is 12.3. The Morgan fingerprint density at radius 3 is 2.00 bits per heavy atom. The van der Waals surface area contributed by atoms with E-state index >= 15 is 0 Å². The molecule has 162 valence electrons. The summed E-state index contributed by atoms with van der Waals surface area (Å²) in [5.41, 5.74) is 2.70. The van der Waals surface area contributed by atoms with E-state index in [1.165, 1.54) is 11.1 Å². The second-order valence-corrected chi connectivity index (χ2v) is 4.97. The lowest BCUT2D eigenvalue weighted by atomic mass is 10.1. The molecule has 29 heavy (non-hydrogen) atoms. The number of hydrazone groups is 1. The van der Waals surface area contributed by atoms with Crippen molar-refractivity contribution in [3.63, 3.8) is 0 Å². The van der Waals surface area contributed by atoms with Gasteiger partial charge in [-0.1, -0.05) is 91.1 Å². The molecule has 1 N–H and O–H groups in total. The first-order valence-electron chi connectivity index (χ1n) is 10.2. The highest BCUT2D eigenvalue weighted by Gasteiger charge is 2.15. The Morgan fingerprint density at radius 2 is 1.55 bits per heavy atom. The van der Waals surface area contributed by atoms with Crippen LogP contribution in [0.5, 0.6) is 5.75 Å². The van der Waals surface area contributed by atoms with Gasteiger partial charge in [0.1, 0.15) is 5.75 Å². The van der Waals surface area contributed by atoms with Gasteiger partial charge in [-0.15, -0.1) is 0 Å². The van der Waals surface area contributed by atoms with Crippen molar-refractivity contribution >= 4 is 11.6 Å². The Kier molecular flexibility index (Phi) is 21.1. The molecule has 1 aromatic carbocycles. The number of rotatable bonds is 6. The van der Waals surface area contributed by atoms with Crippen LogP contribution in [0.25, 0.3) is 0 Å². The van der Waals surface area contributed by atoms with Gasteiger partial charge in [0.25, 0.3) is 5.91 Å². The number of phenols is 1. The number of benzene rings is 1. The standard InChI is InChI=1S/C19H22N2O2.3C2H6/c1-6-10-16(7-2)13-14(3)15(4)20-21(5)19(23)17-11-8-9-12-18(17)22;3*1-2/h6-13,22H,1-2H2,3-5H3;3*1-2H3/b14-13-,16-10+,20-15-;;;. The molecule has 1 aromatic rings. The summed E-state index contributed by atoms with van der Waals surface area (Å²) in [4.78, 5) is 12.3. The monoisotopic (exact) mass is 400 g/mol. The SMILES string of the molecule is C=C/C=C(C=C)/C=C(C)\C(C)=N/N(C)C(=O)c1ccccc1O.CC.CC.CC. The van der Waals surface area contributed by atoms with Crippen molar-refractivity contribution in [2.24, 2.45) is 5.10 Å². The van der Waals surface area contributed by atoms with Gasteiger partial charge in [0.2, 0.25) is 0 Å². The van der Waals surface area contributed by atoms with E-state index in [-0.39, 0.29) is 17.2 Å². The van der Waals surface area contributed by atoms with E-state index in [4.69, 9.17) is 0 Å². The molecule has 0 heterocycles. The number of allylic oxidation sites excluding steroid dienone is 6. The van der Waals surface area contributed by atoms with Crippen LogP contribution in [0.3, 0.4) is 0 Å². The number of amides is 1. The first-order chi connectivity index (χ1) is 13.9. The zero-order valence-corrected chi connectivity index (χ0v) is 19.8. The zero-order valence-electron chi connectivity index (χ0n) is 19.8. The molecule has 0 atom stereocenters. The Morgan fingerprint density at radius 1 is 1.03 bits per heavy atom. The van der Waals surface area contributed by atoms with Gasteiger partial charge in [0, 0.05) is 7.05 Å². The van der Waals surface area contributed by atoms with E-state index in [1.807, 2.05) is 67.5 Å². The van der Waals surface area contributed by atoms with Crippen LogP contribution in [0.15, 0.2) is 78.0 Å². The van der Waals surface area contributed by atoms with Crippen molar-refractivity contribution in [2.45, 2.75) is 55.4 Å². The Balaban J connectivity index is -0.00000103. The van der Waals surface area contributed by atoms with Gasteiger partial charge < -0.3 is 5.11 Å². The number of para-hydroxylation sites is 1. The van der Waals surface area contributed by atoms with Crippen molar-refractivity contribution in [1.82, 2.24) is 5.01 Å². The second-order valence-electron chi connectivity index (χ2n) is 4.97. The average molecular weight is 401 g/mol. The molecule has 0 unspecified atom stereocenters. The van der Waals surface area contributed by atoms with E-state index in [0.717, 1.165) is 11.1 Å². The Hall–Kier alpha value is -2.88. The molecular formula is C25H40N2O2. The lowest BCUT2D eigenvalue weighted by Crippen LogP contribution is -2.22. The van der Waals surface area contributed by atoms with Gasteiger partial charge in [0.15, 0.2) is 0 Å². The van der Waals surface area contributed by atoms with Crippen LogP contribution in [-0.4, -0.2) is 28.8 Å². The third-order valence-corrected chi connectivity index (χ3v) is 3.23. The molecule has 0 aliphatic heterocycles. The van der Waals surface area contributed by atoms with Crippen LogP contribution in [0.1, 0.15) is 65.7 Å². The zero-order chi connectivity index (χ0) is 23.4. The molecule has 4 nitrogen and oxygen atoms in total. The minimum atomic E-state index is -0.374. The molecule has 0 bridgehead atoms. The minimum Gasteiger partial charge on any atom is -0.507 e. The highest BCUT2D eigenvalue weighted by atomic mass is 16.3. The number of aromatic hydroxyl groups is 1. The van der Waals surface area contributed by atoms with Crippen LogP contribution in [0.4, 0.5) is 0 Å². The maximum atomic E-state index is 12.3. The number of hydrogen-bond donors (Lipinski definition) is 1. The summed E-state index contributed by atoms with van der Waals surface area (Å²) in [6.45, 7) is 23.1. The van der Waals surface area contributed by atoms with Crippen LogP contribution < -0.4 is 0 Å². The summed E-state index contributed by atoms with van der Waals surface area (Å²) < 4.78 is 0. The molecule has 4 heteroatoms. The molecule has 0 aliphatic carbocycles. The summed E-state index contributed by atoms with van der Waals surface area (Å²) in [5.74, 6) is -0.437. The number of nitrogens with zero attached hydrogens (tertiary/aromatic N) is 2. The minimum absolute atomic E-state index is 0.0627. The van der Waals surface area contributed by atoms with Crippen molar-refractivity contribution in [2.75, 3.05) is 7.05 Å². The molecular weight excluding hydrogens is 360 g/mol. The third kappa shape index (κ3) is 12.2. The highest BCUT2D eigenvalue weighted by Crippen LogP contribution is 2.17. The van der Waals surface area contributed by atoms with Crippen molar-refractivity contribution < 1.29 is 9.90 Å². The first kappa shape index (κ1) is 30.8. The molecule has 1 rings (SSSR count). The molecule has 0 aliphatic rings. The number of phenolic OH excluding ortho intramolecular Hbond substituents is 1. The van der Waals surface area contributed by atoms with Crippen LogP contribution in [0, 0.1) is 0 Å². The predicted octanol–water partition coefficient (Wildman–Crippen LogP) is 7.16. The van der Waals surface area contributed by atoms with Crippen LogP contribution in [0.2, 0.25) is 0 Å². The molecule has 0 saturated carbocycles. The van der Waals surface area contributed by atoms with Crippen molar-refractivity contribution in [3.8, 4) is 5.75 Å². The van der Waals surface area contributed by atoms with E-state index in [1.54, 1.807) is 37.4 Å². The highest BCUT2D eigenvalue weighted by molar-refractivity contribution is 6.01. The first-order valence-corrected chi connectivity index (χ1v) is 10.2. The largest absolute Gasteiger partial charge is 0.507 e. The second kappa shape index (κ2) is 19.9. The van der Waals surface area contributed by atoms with E-state index < -0.39 is 0 Å². The van der Waals surface area contributed by atoms with Crippen LogP contribution in [-0.2, 0) is 0 Å². The third-order valence-electron chi connectivity index (χ3n) is 3.23. The number of hydrogen-bond acceptors (Lipinski definition) is 3. The van der Waals surface area contributed by atoms with Gasteiger partial charge in [-0.3, -0.25) is 4.79 Å². The fourth-order valence-electron chi connectivity index (χ4n) is 1.84. The van der Waals surface area contributed by atoms with Crippen molar-refractivity contribution in [1.29, 1.82) is 0 Å². The topological polar surface area (TPSA) is 52.9 Å². The molecule has 1 amide bonds. The predicted molar refractivity (Wildman–Crippen MR) is 130 cm³/mol. The van der Waals surface area contributed by atoms with Crippen molar-refractivity contribution in [3.05, 3.63) is 78.4 Å². The van der Waals surface area contributed by atoms with E-state index in [9.17, 15) is 9.90 Å². The molecule has 0 radical (unpaired) electrons. The molecule has 0 spiro atoms. The van der Waals surface area contributed by atoms with Crippen LogP contribution >= 0.6 is 0 Å². The summed E-state index contributed by atoms with van der Waals surface area (Å²) in [7, 11) is 1.56. The van der Waals surface area contributed by atoms with Gasteiger partial charge in [-0.05, 0) is 37.1 Å². The van der Waals surface area contributed by atoms with Gasteiger partial charge in [-0.2, -0.15) is 5.10 Å². The quantitative estimate of drug-likeness (QED) is 0.313. The average Bonchev–Trinajstić information content (AvgIpc) is 2.77. The Labute approximate surface area is 178 Å². The maximum Gasteiger partial charge on any atom is 0.277 e. The summed E-state index contributed by atoms with van der Waals surface area (Å²) in [6, 6.07) is 6.39. The van der Waals surface area contributed by atoms with Gasteiger partial charge in [0.05, 0.1) is 11.3 Å². The lowest BCUT2D eigenvalue weighted by Gasteiger charge is -2.14. The molecule has 0 saturated heterocycles. The smallest absolute Gasteiger partial charge is 0.277 e. The lowest BCUT2D eigenvalue weighted by molar-refractivity contribution is 0.0796. The van der Waals surface area contributed by atoms with Gasteiger partial charge in [-0.25, -0.2) is 5.01 Å². The Bertz CT molecular complexity index is 699. The summed E-state index contributed by atoms with van der Waals surface area (Å²) >= 11 is 0. The summed E-state index contributed by atoms with van der Waals surface area (Å²) in [5, 5.41) is 15.2. The molecule has 0 aromatic heterocycles. The van der Waals surface area contributed by atoms with E-state index in [2.05, 4.69) is 18.3 Å². The number of carbonyl (C=O) groups excluding carboxylic acids is 1. The number of carbonyl (C=O) groups is 1.